The molecule has 0 aliphatic rings. The summed E-state index contributed by atoms with van der Waals surface area (Å²) >= 11 is 1.17. The molecule has 0 spiro atoms. The number of carbonyl (C=O) groups excluding carboxylic acids is 1. The fourth-order valence-corrected chi connectivity index (χ4v) is 2.05. The first-order valence-corrected chi connectivity index (χ1v) is 6.14. The second-order valence-corrected chi connectivity index (χ2v) is 4.63. The molecule has 2 rings (SSSR count). The lowest BCUT2D eigenvalue weighted by Crippen LogP contribution is -2.22. The molecule has 0 saturated carbocycles. The molecule has 0 radical (unpaired) electrons. The number of rotatable bonds is 6. The van der Waals surface area contributed by atoms with E-state index in [0.717, 1.165) is 10.9 Å². The summed E-state index contributed by atoms with van der Waals surface area (Å²) < 4.78 is 5.86. The van der Waals surface area contributed by atoms with E-state index in [0.29, 0.717) is 16.7 Å². The van der Waals surface area contributed by atoms with Gasteiger partial charge in [0.15, 0.2) is 5.69 Å². The summed E-state index contributed by atoms with van der Waals surface area (Å²) in [6, 6.07) is 0. The molecule has 10 nitrogen and oxygen atoms in total. The lowest BCUT2D eigenvalue weighted by molar-refractivity contribution is -0.116. The molecule has 0 aromatic carbocycles. The summed E-state index contributed by atoms with van der Waals surface area (Å²) in [5.74, 6) is -1.68. The van der Waals surface area contributed by atoms with Gasteiger partial charge < -0.3 is 9.84 Å². The van der Waals surface area contributed by atoms with Crippen LogP contribution >= 0.6 is 11.3 Å². The van der Waals surface area contributed by atoms with Crippen molar-refractivity contribution in [2.75, 3.05) is 12.4 Å². The molecular formula is C9H10N6O4S. The Balaban J connectivity index is 1.98. The molecule has 2 aromatic heterocycles. The van der Waals surface area contributed by atoms with E-state index in [1.165, 1.54) is 18.4 Å². The van der Waals surface area contributed by atoms with E-state index in [-0.39, 0.29) is 12.2 Å². The Kier molecular flexibility index (Phi) is 4.32. The molecule has 2 N–H and O–H groups in total. The third-order valence-corrected chi connectivity index (χ3v) is 2.92. The number of anilines is 1. The van der Waals surface area contributed by atoms with E-state index < -0.39 is 11.9 Å². The first-order valence-electron chi connectivity index (χ1n) is 5.33. The van der Waals surface area contributed by atoms with Crippen LogP contribution in [0.15, 0.2) is 6.20 Å². The molecule has 20 heavy (non-hydrogen) atoms. The van der Waals surface area contributed by atoms with Crippen molar-refractivity contribution in [3.05, 3.63) is 16.9 Å². The fraction of sp³-hybridized carbons (Fsp3) is 0.333. The van der Waals surface area contributed by atoms with Crippen molar-refractivity contribution in [1.82, 2.24) is 25.2 Å². The SMILES string of the molecule is COCc1nnc(NC(=O)Cn2nncc2C(=O)O)s1. The molecule has 0 atom stereocenters. The van der Waals surface area contributed by atoms with Crippen molar-refractivity contribution in [3.8, 4) is 0 Å². The minimum atomic E-state index is -1.21. The average molecular weight is 298 g/mol. The Labute approximate surface area is 116 Å². The van der Waals surface area contributed by atoms with Gasteiger partial charge in [-0.1, -0.05) is 16.6 Å². The van der Waals surface area contributed by atoms with Gasteiger partial charge in [0, 0.05) is 7.11 Å². The standard InChI is InChI=1S/C9H10N6O4S/c1-19-4-7-12-13-9(20-7)11-6(16)3-15-5(8(17)18)2-10-14-15/h2H,3-4H2,1H3,(H,17,18)(H,11,13,16). The summed E-state index contributed by atoms with van der Waals surface area (Å²) in [6.45, 7) is 0.0284. The lowest BCUT2D eigenvalue weighted by atomic mass is 10.4. The quantitative estimate of drug-likeness (QED) is 0.737. The van der Waals surface area contributed by atoms with Gasteiger partial charge in [-0.25, -0.2) is 9.48 Å². The summed E-state index contributed by atoms with van der Waals surface area (Å²) in [7, 11) is 1.53. The largest absolute Gasteiger partial charge is 0.476 e. The topological polar surface area (TPSA) is 132 Å². The third-order valence-electron chi connectivity index (χ3n) is 2.11. The van der Waals surface area contributed by atoms with Gasteiger partial charge in [0.05, 0.1) is 6.20 Å². The Bertz CT molecular complexity index is 623. The Morgan fingerprint density at radius 2 is 2.30 bits per heavy atom. The Morgan fingerprint density at radius 1 is 1.50 bits per heavy atom. The number of methoxy groups -OCH3 is 1. The summed E-state index contributed by atoms with van der Waals surface area (Å²) in [5, 5.41) is 26.8. The van der Waals surface area contributed by atoms with E-state index in [4.69, 9.17) is 9.84 Å². The van der Waals surface area contributed by atoms with E-state index in [1.54, 1.807) is 0 Å². The number of aromatic nitrogens is 5. The second-order valence-electron chi connectivity index (χ2n) is 3.56. The molecule has 0 bridgehead atoms. The predicted molar refractivity (Wildman–Crippen MR) is 66.2 cm³/mol. The first-order chi connectivity index (χ1) is 9.60. The molecule has 0 saturated heterocycles. The highest BCUT2D eigenvalue weighted by Crippen LogP contribution is 2.15. The normalized spacial score (nSPS) is 10.4. The molecule has 106 valence electrons. The van der Waals surface area contributed by atoms with Gasteiger partial charge in [0.1, 0.15) is 18.2 Å². The van der Waals surface area contributed by atoms with Crippen LogP contribution in [0.3, 0.4) is 0 Å². The van der Waals surface area contributed by atoms with Crippen LogP contribution in [0.25, 0.3) is 0 Å². The van der Waals surface area contributed by atoms with E-state index in [1.807, 2.05) is 0 Å². The maximum Gasteiger partial charge on any atom is 0.355 e. The summed E-state index contributed by atoms with van der Waals surface area (Å²) in [4.78, 5) is 22.6. The predicted octanol–water partition coefficient (Wildman–Crippen LogP) is -0.387. The maximum atomic E-state index is 11.7. The molecule has 2 heterocycles. The Morgan fingerprint density at radius 3 is 3.00 bits per heavy atom. The molecule has 0 aliphatic carbocycles. The number of ether oxygens (including phenoxy) is 1. The van der Waals surface area contributed by atoms with Crippen LogP contribution in [0, 0.1) is 0 Å². The van der Waals surface area contributed by atoms with Gasteiger partial charge in [-0.15, -0.1) is 15.3 Å². The number of hydrogen-bond acceptors (Lipinski definition) is 8. The molecule has 0 unspecified atom stereocenters. The van der Waals surface area contributed by atoms with Crippen molar-refractivity contribution in [2.24, 2.45) is 0 Å². The molecule has 1 amide bonds. The highest BCUT2D eigenvalue weighted by atomic mass is 32.1. The van der Waals surface area contributed by atoms with Gasteiger partial charge in [-0.05, 0) is 0 Å². The number of carboxylic acid groups (broad SMARTS) is 1. The van der Waals surface area contributed by atoms with Gasteiger partial charge in [0.25, 0.3) is 0 Å². The van der Waals surface area contributed by atoms with Gasteiger partial charge in [-0.2, -0.15) is 0 Å². The maximum absolute atomic E-state index is 11.7. The van der Waals surface area contributed by atoms with Crippen LogP contribution in [0.5, 0.6) is 0 Å². The fourth-order valence-electron chi connectivity index (χ4n) is 1.32. The second kappa shape index (κ2) is 6.16. The highest BCUT2D eigenvalue weighted by molar-refractivity contribution is 7.15. The van der Waals surface area contributed by atoms with Crippen molar-refractivity contribution >= 4 is 28.3 Å². The van der Waals surface area contributed by atoms with Gasteiger partial charge in [0.2, 0.25) is 11.0 Å². The van der Waals surface area contributed by atoms with Crippen LogP contribution in [0.2, 0.25) is 0 Å². The lowest BCUT2D eigenvalue weighted by Gasteiger charge is -2.02. The van der Waals surface area contributed by atoms with E-state index in [9.17, 15) is 9.59 Å². The minimum absolute atomic E-state index is 0.169. The molecule has 0 fully saturated rings. The zero-order valence-electron chi connectivity index (χ0n) is 10.3. The van der Waals surface area contributed by atoms with Crippen molar-refractivity contribution in [3.63, 3.8) is 0 Å². The number of carbonyl (C=O) groups is 2. The zero-order chi connectivity index (χ0) is 14.5. The van der Waals surface area contributed by atoms with E-state index in [2.05, 4.69) is 25.8 Å². The van der Waals surface area contributed by atoms with Crippen molar-refractivity contribution in [2.45, 2.75) is 13.2 Å². The molecular weight excluding hydrogens is 288 g/mol. The zero-order valence-corrected chi connectivity index (χ0v) is 11.1. The average Bonchev–Trinajstić information content (AvgIpc) is 2.99. The molecule has 11 heteroatoms. The van der Waals surface area contributed by atoms with Gasteiger partial charge >= 0.3 is 5.97 Å². The van der Waals surface area contributed by atoms with Crippen LogP contribution in [0.1, 0.15) is 15.5 Å². The first kappa shape index (κ1) is 14.0. The third kappa shape index (κ3) is 3.33. The number of carboxylic acids is 1. The van der Waals surface area contributed by atoms with Crippen molar-refractivity contribution < 1.29 is 19.4 Å². The number of nitrogens with one attached hydrogen (secondary N) is 1. The smallest absolute Gasteiger partial charge is 0.355 e. The van der Waals surface area contributed by atoms with Crippen LogP contribution in [-0.2, 0) is 22.7 Å². The Hall–Kier alpha value is -2.40. The number of amides is 1. The monoisotopic (exact) mass is 298 g/mol. The van der Waals surface area contributed by atoms with Crippen LogP contribution < -0.4 is 5.32 Å². The highest BCUT2D eigenvalue weighted by Gasteiger charge is 2.15. The van der Waals surface area contributed by atoms with Crippen molar-refractivity contribution in [1.29, 1.82) is 0 Å². The van der Waals surface area contributed by atoms with Gasteiger partial charge in [-0.3, -0.25) is 10.1 Å². The summed E-state index contributed by atoms with van der Waals surface area (Å²) in [5.41, 5.74) is -0.169. The van der Waals surface area contributed by atoms with E-state index >= 15 is 0 Å². The molecule has 2 aromatic rings. The number of hydrogen-bond donors (Lipinski definition) is 2. The number of nitrogens with zero attached hydrogens (tertiary/aromatic N) is 5. The van der Waals surface area contributed by atoms with Crippen LogP contribution in [-0.4, -0.2) is 49.3 Å². The minimum Gasteiger partial charge on any atom is -0.476 e. The van der Waals surface area contributed by atoms with Crippen LogP contribution in [0.4, 0.5) is 5.13 Å². The molecule has 0 aliphatic heterocycles. The number of aromatic carboxylic acids is 1. The summed E-state index contributed by atoms with van der Waals surface area (Å²) in [6.07, 6.45) is 1.07.